The van der Waals surface area contributed by atoms with E-state index in [0.717, 1.165) is 33.6 Å². The maximum atomic E-state index is 13.4. The fourth-order valence-corrected chi connectivity index (χ4v) is 4.66. The van der Waals surface area contributed by atoms with Gasteiger partial charge in [0.05, 0.1) is 17.5 Å². The van der Waals surface area contributed by atoms with Crippen molar-refractivity contribution in [3.05, 3.63) is 77.2 Å². The van der Waals surface area contributed by atoms with Gasteiger partial charge in [0, 0.05) is 55.6 Å². The number of rotatable bonds is 3. The van der Waals surface area contributed by atoms with Crippen LogP contribution in [-0.2, 0) is 17.6 Å². The molecule has 2 aliphatic rings. The van der Waals surface area contributed by atoms with Gasteiger partial charge in [-0.05, 0) is 23.3 Å². The standard InChI is InChI=1S/C23H21N3O2/c1-26-13-18-16(23(26)28)12-19-20(22(18)27)17(11-14-5-3-2-4-6-14)21(25-19)15-7-9-24-10-8-15/h2-10,16,18,25H,11-13H2,1H3/t16-,18-/m1/s1. The number of ketones is 1. The Kier molecular flexibility index (Phi) is 3.90. The van der Waals surface area contributed by atoms with Crippen LogP contribution in [0.2, 0.25) is 0 Å². The number of aromatic amines is 1. The van der Waals surface area contributed by atoms with E-state index in [9.17, 15) is 9.59 Å². The number of hydrogen-bond acceptors (Lipinski definition) is 3. The molecule has 0 saturated carbocycles. The van der Waals surface area contributed by atoms with E-state index in [2.05, 4.69) is 22.1 Å². The summed E-state index contributed by atoms with van der Waals surface area (Å²) in [5, 5.41) is 0. The minimum atomic E-state index is -0.237. The van der Waals surface area contributed by atoms with Gasteiger partial charge in [0.1, 0.15) is 0 Å². The first-order chi connectivity index (χ1) is 13.6. The second-order valence-corrected chi connectivity index (χ2v) is 7.73. The molecule has 1 saturated heterocycles. The monoisotopic (exact) mass is 371 g/mol. The SMILES string of the molecule is CN1C[C@H]2C(=O)c3c([nH]c(-c4ccncc4)c3Cc3ccccc3)C[C@H]2C1=O. The van der Waals surface area contributed by atoms with Crippen molar-refractivity contribution in [1.82, 2.24) is 14.9 Å². The number of H-pyrrole nitrogens is 1. The van der Waals surface area contributed by atoms with Crippen molar-refractivity contribution >= 4 is 11.7 Å². The number of likely N-dealkylation sites (tertiary alicyclic amines) is 1. The summed E-state index contributed by atoms with van der Waals surface area (Å²) in [6.45, 7) is 0.516. The van der Waals surface area contributed by atoms with E-state index in [0.29, 0.717) is 19.4 Å². The third-order valence-electron chi connectivity index (χ3n) is 6.03. The van der Waals surface area contributed by atoms with Gasteiger partial charge in [0.15, 0.2) is 5.78 Å². The number of nitrogens with zero attached hydrogens (tertiary/aromatic N) is 2. The maximum Gasteiger partial charge on any atom is 0.226 e. The van der Waals surface area contributed by atoms with E-state index in [1.807, 2.05) is 30.3 Å². The summed E-state index contributed by atoms with van der Waals surface area (Å²) < 4.78 is 0. The van der Waals surface area contributed by atoms with Gasteiger partial charge in [-0.3, -0.25) is 14.6 Å². The van der Waals surface area contributed by atoms with Gasteiger partial charge in [-0.25, -0.2) is 0 Å². The number of hydrogen-bond donors (Lipinski definition) is 1. The molecule has 0 radical (unpaired) electrons. The van der Waals surface area contributed by atoms with Gasteiger partial charge in [-0.15, -0.1) is 0 Å². The lowest BCUT2D eigenvalue weighted by molar-refractivity contribution is -0.130. The van der Waals surface area contributed by atoms with Crippen molar-refractivity contribution < 1.29 is 9.59 Å². The molecule has 140 valence electrons. The van der Waals surface area contributed by atoms with Gasteiger partial charge in [0.25, 0.3) is 0 Å². The topological polar surface area (TPSA) is 66.1 Å². The molecule has 1 amide bonds. The Morgan fingerprint density at radius 3 is 2.57 bits per heavy atom. The minimum absolute atomic E-state index is 0.0775. The van der Waals surface area contributed by atoms with Crippen molar-refractivity contribution in [2.75, 3.05) is 13.6 Å². The van der Waals surface area contributed by atoms with Crippen molar-refractivity contribution in [2.24, 2.45) is 11.8 Å². The highest BCUT2D eigenvalue weighted by Crippen LogP contribution is 2.41. The first kappa shape index (κ1) is 16.9. The molecular weight excluding hydrogens is 350 g/mol. The van der Waals surface area contributed by atoms with Crippen LogP contribution < -0.4 is 0 Å². The zero-order valence-electron chi connectivity index (χ0n) is 15.7. The lowest BCUT2D eigenvalue weighted by Gasteiger charge is -2.22. The smallest absolute Gasteiger partial charge is 0.226 e. The number of aromatic nitrogens is 2. The van der Waals surface area contributed by atoms with E-state index in [-0.39, 0.29) is 23.5 Å². The van der Waals surface area contributed by atoms with E-state index in [1.165, 1.54) is 0 Å². The highest BCUT2D eigenvalue weighted by atomic mass is 16.2. The van der Waals surface area contributed by atoms with E-state index < -0.39 is 0 Å². The van der Waals surface area contributed by atoms with Gasteiger partial charge < -0.3 is 9.88 Å². The molecule has 1 N–H and O–H groups in total. The van der Waals surface area contributed by atoms with Gasteiger partial charge in [0.2, 0.25) is 5.91 Å². The van der Waals surface area contributed by atoms with E-state index in [4.69, 9.17) is 0 Å². The first-order valence-corrected chi connectivity index (χ1v) is 9.60. The number of nitrogens with one attached hydrogen (secondary N) is 1. The molecule has 5 heteroatoms. The zero-order valence-corrected chi connectivity index (χ0v) is 15.7. The predicted octanol–water partition coefficient (Wildman–Crippen LogP) is 3.11. The van der Waals surface area contributed by atoms with Crippen LogP contribution in [0, 0.1) is 11.8 Å². The molecule has 28 heavy (non-hydrogen) atoms. The minimum Gasteiger partial charge on any atom is -0.358 e. The van der Waals surface area contributed by atoms with Crippen molar-refractivity contribution in [2.45, 2.75) is 12.8 Å². The third kappa shape index (κ3) is 2.58. The second-order valence-electron chi connectivity index (χ2n) is 7.73. The Bertz CT molecular complexity index is 1060. The van der Waals surface area contributed by atoms with Crippen molar-refractivity contribution in [1.29, 1.82) is 0 Å². The van der Waals surface area contributed by atoms with Crippen LogP contribution in [0.4, 0.5) is 0 Å². The molecule has 0 spiro atoms. The highest BCUT2D eigenvalue weighted by Gasteiger charge is 2.48. The number of benzene rings is 1. The molecule has 3 aromatic rings. The Balaban J connectivity index is 1.66. The van der Waals surface area contributed by atoms with Gasteiger partial charge in [-0.2, -0.15) is 0 Å². The maximum absolute atomic E-state index is 13.4. The molecule has 5 nitrogen and oxygen atoms in total. The summed E-state index contributed by atoms with van der Waals surface area (Å²) >= 11 is 0. The molecule has 5 rings (SSSR count). The Hall–Kier alpha value is -3.21. The zero-order chi connectivity index (χ0) is 19.3. The number of amides is 1. The average molecular weight is 371 g/mol. The molecular formula is C23H21N3O2. The van der Waals surface area contributed by atoms with Crippen LogP contribution in [0.3, 0.4) is 0 Å². The molecule has 0 unspecified atom stereocenters. The molecule has 3 heterocycles. The van der Waals surface area contributed by atoms with E-state index in [1.54, 1.807) is 24.3 Å². The van der Waals surface area contributed by atoms with Crippen LogP contribution in [0.15, 0.2) is 54.9 Å². The molecule has 2 aromatic heterocycles. The number of fused-ring (bicyclic) bond motifs is 2. The predicted molar refractivity (Wildman–Crippen MR) is 106 cm³/mol. The van der Waals surface area contributed by atoms with Crippen LogP contribution >= 0.6 is 0 Å². The summed E-state index contributed by atoms with van der Waals surface area (Å²) in [5.74, 6) is -0.292. The molecule has 1 aliphatic heterocycles. The van der Waals surface area contributed by atoms with Crippen LogP contribution in [0.25, 0.3) is 11.3 Å². The van der Waals surface area contributed by atoms with Crippen LogP contribution in [0.5, 0.6) is 0 Å². The lowest BCUT2D eigenvalue weighted by Crippen LogP contribution is -2.32. The van der Waals surface area contributed by atoms with Gasteiger partial charge in [-0.1, -0.05) is 30.3 Å². The summed E-state index contributed by atoms with van der Waals surface area (Å²) in [4.78, 5) is 35.2. The van der Waals surface area contributed by atoms with Crippen LogP contribution in [-0.4, -0.2) is 40.2 Å². The quantitative estimate of drug-likeness (QED) is 0.769. The van der Waals surface area contributed by atoms with Crippen molar-refractivity contribution in [3.8, 4) is 11.3 Å². The van der Waals surface area contributed by atoms with Gasteiger partial charge >= 0.3 is 0 Å². The first-order valence-electron chi connectivity index (χ1n) is 9.60. The molecule has 1 aliphatic carbocycles. The number of Topliss-reactive ketones (excluding diaryl/α,β-unsaturated/α-hetero) is 1. The molecule has 1 fully saturated rings. The second kappa shape index (κ2) is 6.44. The van der Waals surface area contributed by atoms with Crippen molar-refractivity contribution in [3.63, 3.8) is 0 Å². The third-order valence-corrected chi connectivity index (χ3v) is 6.03. The Labute approximate surface area is 163 Å². The van der Waals surface area contributed by atoms with E-state index >= 15 is 0 Å². The highest BCUT2D eigenvalue weighted by molar-refractivity contribution is 6.07. The van der Waals surface area contributed by atoms with Crippen LogP contribution in [0.1, 0.15) is 27.2 Å². The summed E-state index contributed by atoms with van der Waals surface area (Å²) in [7, 11) is 1.79. The lowest BCUT2D eigenvalue weighted by atomic mass is 9.77. The average Bonchev–Trinajstić information content (AvgIpc) is 3.22. The molecule has 1 aromatic carbocycles. The summed E-state index contributed by atoms with van der Waals surface area (Å²) in [6.07, 6.45) is 4.80. The molecule has 2 atom stereocenters. The fourth-order valence-electron chi connectivity index (χ4n) is 4.66. The Morgan fingerprint density at radius 2 is 1.82 bits per heavy atom. The normalized spacial score (nSPS) is 21.0. The molecule has 0 bridgehead atoms. The summed E-state index contributed by atoms with van der Waals surface area (Å²) in [6, 6.07) is 14.1. The largest absolute Gasteiger partial charge is 0.358 e. The summed E-state index contributed by atoms with van der Waals surface area (Å²) in [5.41, 5.74) is 5.85. The number of carbonyl (C=O) groups excluding carboxylic acids is 2. The fraction of sp³-hybridized carbons (Fsp3) is 0.261. The number of pyridine rings is 1. The Morgan fingerprint density at radius 1 is 1.07 bits per heavy atom. The number of carbonyl (C=O) groups is 2.